The van der Waals surface area contributed by atoms with Gasteiger partial charge in [0.25, 0.3) is 5.71 Å². The molecule has 0 fully saturated rings. The monoisotopic (exact) mass is 222 g/mol. The Morgan fingerprint density at radius 3 is 3.07 bits per heavy atom. The molecule has 2 aromatic rings. The molecule has 15 heavy (non-hydrogen) atoms. The molecule has 0 aliphatic heterocycles. The van der Waals surface area contributed by atoms with Gasteiger partial charge in [-0.2, -0.15) is 0 Å². The summed E-state index contributed by atoms with van der Waals surface area (Å²) in [6.45, 7) is 1.94. The number of alkyl halides is 1. The van der Waals surface area contributed by atoms with Gasteiger partial charge in [0, 0.05) is 11.6 Å². The zero-order chi connectivity index (χ0) is 10.4. The highest BCUT2D eigenvalue weighted by Crippen LogP contribution is 2.32. The number of halogens is 1. The van der Waals surface area contributed by atoms with Gasteiger partial charge < -0.3 is 4.52 Å². The number of fused-ring (bicyclic) bond motifs is 2. The fourth-order valence-electron chi connectivity index (χ4n) is 2.38. The third-order valence-electron chi connectivity index (χ3n) is 3.07. The molecule has 78 valence electrons. The molecule has 0 aromatic carbocycles. The van der Waals surface area contributed by atoms with Crippen LogP contribution in [0.15, 0.2) is 4.52 Å². The van der Waals surface area contributed by atoms with Crippen molar-refractivity contribution >= 4 is 22.7 Å². The first-order chi connectivity index (χ1) is 7.31. The number of aryl methyl sites for hydroxylation is 2. The van der Waals surface area contributed by atoms with Gasteiger partial charge in [0.15, 0.2) is 0 Å². The fraction of sp³-hybridized carbons (Fsp3) is 0.455. The molecule has 2 heterocycles. The van der Waals surface area contributed by atoms with Crippen molar-refractivity contribution in [1.29, 1.82) is 0 Å². The topological polar surface area (TPSA) is 38.9 Å². The maximum Gasteiger partial charge on any atom is 0.258 e. The summed E-state index contributed by atoms with van der Waals surface area (Å²) >= 11 is 6.02. The second kappa shape index (κ2) is 3.20. The standard InChI is InChI=1S/C11H11ClN2O/c1-6-10-8(5-12)7-3-2-4-9(7)13-11(10)15-14-6/h2-5H2,1H3. The summed E-state index contributed by atoms with van der Waals surface area (Å²) in [5.74, 6) is 0.517. The SMILES string of the molecule is Cc1noc2nc3c(c(CCl)c12)CCC3. The third-order valence-corrected chi connectivity index (χ3v) is 3.34. The molecule has 0 saturated carbocycles. The molecule has 4 heteroatoms. The van der Waals surface area contributed by atoms with E-state index < -0.39 is 0 Å². The minimum atomic E-state index is 0.517. The Balaban J connectivity index is 2.43. The maximum atomic E-state index is 6.02. The zero-order valence-electron chi connectivity index (χ0n) is 8.51. The van der Waals surface area contributed by atoms with Crippen molar-refractivity contribution in [3.8, 4) is 0 Å². The van der Waals surface area contributed by atoms with Crippen LogP contribution in [-0.4, -0.2) is 10.1 Å². The fourth-order valence-corrected chi connectivity index (χ4v) is 2.67. The van der Waals surface area contributed by atoms with Gasteiger partial charge in [-0.15, -0.1) is 11.6 Å². The van der Waals surface area contributed by atoms with Crippen LogP contribution < -0.4 is 0 Å². The number of aromatic nitrogens is 2. The van der Waals surface area contributed by atoms with Gasteiger partial charge >= 0.3 is 0 Å². The molecule has 2 aromatic heterocycles. The lowest BCUT2D eigenvalue weighted by Gasteiger charge is -2.05. The van der Waals surface area contributed by atoms with Gasteiger partial charge in [0.1, 0.15) is 0 Å². The summed E-state index contributed by atoms with van der Waals surface area (Å²) in [4.78, 5) is 4.50. The molecule has 0 N–H and O–H groups in total. The predicted octanol–water partition coefficient (Wildman–Crippen LogP) is 2.76. The van der Waals surface area contributed by atoms with Crippen molar-refractivity contribution in [3.05, 3.63) is 22.5 Å². The lowest BCUT2D eigenvalue weighted by molar-refractivity contribution is 0.442. The molecule has 0 spiro atoms. The molecule has 0 amide bonds. The Morgan fingerprint density at radius 1 is 1.40 bits per heavy atom. The summed E-state index contributed by atoms with van der Waals surface area (Å²) in [5.41, 5.74) is 5.18. The smallest absolute Gasteiger partial charge is 0.258 e. The quantitative estimate of drug-likeness (QED) is 0.697. The van der Waals surface area contributed by atoms with E-state index >= 15 is 0 Å². The van der Waals surface area contributed by atoms with Gasteiger partial charge in [0.05, 0.1) is 11.1 Å². The van der Waals surface area contributed by atoms with Gasteiger partial charge in [-0.25, -0.2) is 4.98 Å². The first-order valence-electron chi connectivity index (χ1n) is 5.14. The largest absolute Gasteiger partial charge is 0.336 e. The summed E-state index contributed by atoms with van der Waals surface area (Å²) in [5, 5.41) is 4.97. The highest BCUT2D eigenvalue weighted by Gasteiger charge is 2.22. The van der Waals surface area contributed by atoms with Gasteiger partial charge in [-0.05, 0) is 37.3 Å². The third kappa shape index (κ3) is 1.19. The maximum absolute atomic E-state index is 6.02. The minimum Gasteiger partial charge on any atom is -0.336 e. The van der Waals surface area contributed by atoms with Crippen molar-refractivity contribution in [2.75, 3.05) is 0 Å². The molecule has 0 saturated heterocycles. The number of pyridine rings is 1. The normalized spacial score (nSPS) is 14.8. The minimum absolute atomic E-state index is 0.517. The highest BCUT2D eigenvalue weighted by atomic mass is 35.5. The predicted molar refractivity (Wildman–Crippen MR) is 58.1 cm³/mol. The molecule has 1 aliphatic rings. The van der Waals surface area contributed by atoms with E-state index in [-0.39, 0.29) is 0 Å². The van der Waals surface area contributed by atoms with Crippen molar-refractivity contribution in [3.63, 3.8) is 0 Å². The Morgan fingerprint density at radius 2 is 2.27 bits per heavy atom. The van der Waals surface area contributed by atoms with Crippen LogP contribution in [0.3, 0.4) is 0 Å². The van der Waals surface area contributed by atoms with Crippen molar-refractivity contribution in [2.24, 2.45) is 0 Å². The van der Waals surface area contributed by atoms with E-state index in [1.807, 2.05) is 6.92 Å². The molecule has 0 bridgehead atoms. The average molecular weight is 223 g/mol. The molecule has 3 rings (SSSR count). The van der Waals surface area contributed by atoms with E-state index in [0.29, 0.717) is 11.6 Å². The highest BCUT2D eigenvalue weighted by molar-refractivity contribution is 6.18. The van der Waals surface area contributed by atoms with Gasteiger partial charge in [0.2, 0.25) is 0 Å². The zero-order valence-corrected chi connectivity index (χ0v) is 9.26. The van der Waals surface area contributed by atoms with Crippen LogP contribution in [0.2, 0.25) is 0 Å². The van der Waals surface area contributed by atoms with Crippen molar-refractivity contribution < 1.29 is 4.52 Å². The van der Waals surface area contributed by atoms with Gasteiger partial charge in [-0.3, -0.25) is 0 Å². The van der Waals surface area contributed by atoms with Crippen LogP contribution in [0.4, 0.5) is 0 Å². The van der Waals surface area contributed by atoms with Crippen molar-refractivity contribution in [2.45, 2.75) is 32.1 Å². The van der Waals surface area contributed by atoms with Crippen LogP contribution in [0.1, 0.15) is 28.9 Å². The van der Waals surface area contributed by atoms with E-state index in [4.69, 9.17) is 16.1 Å². The lowest BCUT2D eigenvalue weighted by Crippen LogP contribution is -1.95. The lowest BCUT2D eigenvalue weighted by atomic mass is 10.0. The molecule has 0 unspecified atom stereocenters. The summed E-state index contributed by atoms with van der Waals surface area (Å²) in [6.07, 6.45) is 3.30. The molecule has 0 radical (unpaired) electrons. The molecule has 0 atom stereocenters. The summed E-state index contributed by atoms with van der Waals surface area (Å²) in [7, 11) is 0. The van der Waals surface area contributed by atoms with E-state index in [1.54, 1.807) is 0 Å². The number of nitrogens with zero attached hydrogens (tertiary/aromatic N) is 2. The molecular weight excluding hydrogens is 212 g/mol. The second-order valence-electron chi connectivity index (χ2n) is 3.95. The summed E-state index contributed by atoms with van der Waals surface area (Å²) in [6, 6.07) is 0. The van der Waals surface area contributed by atoms with Crippen LogP contribution in [0.25, 0.3) is 11.1 Å². The van der Waals surface area contributed by atoms with E-state index in [2.05, 4.69) is 10.1 Å². The Bertz CT molecular complexity index is 533. The average Bonchev–Trinajstić information content (AvgIpc) is 2.83. The van der Waals surface area contributed by atoms with Crippen molar-refractivity contribution in [1.82, 2.24) is 10.1 Å². The van der Waals surface area contributed by atoms with E-state index in [1.165, 1.54) is 17.5 Å². The Hall–Kier alpha value is -1.09. The number of rotatable bonds is 1. The summed E-state index contributed by atoms with van der Waals surface area (Å²) < 4.78 is 5.20. The van der Waals surface area contributed by atoms with Crippen LogP contribution >= 0.6 is 11.6 Å². The number of hydrogen-bond acceptors (Lipinski definition) is 3. The van der Waals surface area contributed by atoms with Crippen LogP contribution in [0.5, 0.6) is 0 Å². The van der Waals surface area contributed by atoms with Crippen LogP contribution in [0, 0.1) is 6.92 Å². The Kier molecular flexibility index (Phi) is 1.96. The van der Waals surface area contributed by atoms with E-state index in [0.717, 1.165) is 29.6 Å². The molecular formula is C11H11ClN2O. The Labute approximate surface area is 92.4 Å². The number of hydrogen-bond donors (Lipinski definition) is 0. The first kappa shape index (κ1) is 9.16. The first-order valence-corrected chi connectivity index (χ1v) is 5.67. The second-order valence-corrected chi connectivity index (χ2v) is 4.22. The van der Waals surface area contributed by atoms with E-state index in [9.17, 15) is 0 Å². The molecule has 1 aliphatic carbocycles. The molecule has 3 nitrogen and oxygen atoms in total. The van der Waals surface area contributed by atoms with Gasteiger partial charge in [-0.1, -0.05) is 5.16 Å². The van der Waals surface area contributed by atoms with Crippen LogP contribution in [-0.2, 0) is 18.7 Å².